The molecule has 1 aliphatic carbocycles. The minimum Gasteiger partial charge on any atom is -0.497 e. The van der Waals surface area contributed by atoms with Gasteiger partial charge in [0.05, 0.1) is 20.8 Å². The number of esters is 1. The topological polar surface area (TPSA) is 74.2 Å². The number of carbonyl (C=O) groups excluding carboxylic acids is 1. The first-order valence-electron chi connectivity index (χ1n) is 10.5. The van der Waals surface area contributed by atoms with Gasteiger partial charge >= 0.3 is 5.97 Å². The summed E-state index contributed by atoms with van der Waals surface area (Å²) in [5, 5.41) is 10.9. The van der Waals surface area contributed by atoms with Crippen LogP contribution in [0.1, 0.15) is 65.8 Å². The van der Waals surface area contributed by atoms with Crippen LogP contribution in [0.25, 0.3) is 0 Å². The van der Waals surface area contributed by atoms with E-state index in [2.05, 4.69) is 0 Å². The van der Waals surface area contributed by atoms with Gasteiger partial charge in [0.15, 0.2) is 6.10 Å². The fourth-order valence-electron chi connectivity index (χ4n) is 4.31. The normalized spacial score (nSPS) is 19.7. The summed E-state index contributed by atoms with van der Waals surface area (Å²) in [6, 6.07) is 10.7. The molecule has 0 amide bonds. The Hall–Kier alpha value is -2.73. The fraction of sp³-hybridized carbons (Fsp3) is 0.458. The van der Waals surface area contributed by atoms with Crippen LogP contribution in [0.5, 0.6) is 17.2 Å². The van der Waals surface area contributed by atoms with Gasteiger partial charge in [-0.25, -0.2) is 4.79 Å². The van der Waals surface area contributed by atoms with Gasteiger partial charge in [0.1, 0.15) is 28.9 Å². The van der Waals surface area contributed by atoms with Gasteiger partial charge in [0.25, 0.3) is 0 Å². The lowest BCUT2D eigenvalue weighted by Crippen LogP contribution is -2.15. The summed E-state index contributed by atoms with van der Waals surface area (Å²) in [5.74, 6) is 1.80. The molecule has 0 aromatic heterocycles. The van der Waals surface area contributed by atoms with Gasteiger partial charge in [0, 0.05) is 11.6 Å². The number of rotatable bonds is 7. The zero-order valence-corrected chi connectivity index (χ0v) is 17.4. The second kappa shape index (κ2) is 8.96. The Morgan fingerprint density at radius 3 is 2.43 bits per heavy atom. The van der Waals surface area contributed by atoms with Crippen LogP contribution in [0.2, 0.25) is 0 Å². The van der Waals surface area contributed by atoms with Gasteiger partial charge in [-0.2, -0.15) is 0 Å². The number of hydrogen-bond donors (Lipinski definition) is 1. The maximum absolute atomic E-state index is 12.4. The SMILES string of the molecule is COc1cc(OC)c2c(c1)C(C(O)c1ccc(OCC3CCCCC3)cc1)OC2=O. The summed E-state index contributed by atoms with van der Waals surface area (Å²) >= 11 is 0. The van der Waals surface area contributed by atoms with Gasteiger partial charge in [-0.1, -0.05) is 31.4 Å². The molecule has 2 aromatic carbocycles. The molecule has 0 bridgehead atoms. The van der Waals surface area contributed by atoms with E-state index in [0.29, 0.717) is 34.1 Å². The second-order valence-electron chi connectivity index (χ2n) is 7.95. The van der Waals surface area contributed by atoms with Crippen LogP contribution in [0.4, 0.5) is 0 Å². The van der Waals surface area contributed by atoms with Crippen LogP contribution in [-0.2, 0) is 4.74 Å². The van der Waals surface area contributed by atoms with Crippen molar-refractivity contribution in [3.05, 3.63) is 53.1 Å². The minimum atomic E-state index is -1.01. The molecule has 1 N–H and O–H groups in total. The molecule has 6 nitrogen and oxygen atoms in total. The lowest BCUT2D eigenvalue weighted by molar-refractivity contribution is -0.0103. The van der Waals surface area contributed by atoms with E-state index in [0.717, 1.165) is 12.4 Å². The average molecular weight is 412 g/mol. The molecule has 6 heteroatoms. The minimum absolute atomic E-state index is 0.329. The summed E-state index contributed by atoms with van der Waals surface area (Å²) in [5.41, 5.74) is 1.53. The number of benzene rings is 2. The Morgan fingerprint density at radius 2 is 1.77 bits per heavy atom. The summed E-state index contributed by atoms with van der Waals surface area (Å²) in [7, 11) is 3.02. The lowest BCUT2D eigenvalue weighted by Gasteiger charge is -2.22. The molecule has 160 valence electrons. The van der Waals surface area contributed by atoms with Crippen molar-refractivity contribution < 1.29 is 28.8 Å². The first-order valence-corrected chi connectivity index (χ1v) is 10.5. The third-order valence-corrected chi connectivity index (χ3v) is 6.03. The van der Waals surface area contributed by atoms with Crippen molar-refractivity contribution in [3.8, 4) is 17.2 Å². The molecule has 1 saturated carbocycles. The van der Waals surface area contributed by atoms with Crippen molar-refractivity contribution in [3.63, 3.8) is 0 Å². The average Bonchev–Trinajstić information content (AvgIpc) is 3.14. The van der Waals surface area contributed by atoms with Crippen LogP contribution < -0.4 is 14.2 Å². The quantitative estimate of drug-likeness (QED) is 0.670. The molecule has 1 heterocycles. The van der Waals surface area contributed by atoms with Crippen LogP contribution in [-0.4, -0.2) is 31.9 Å². The maximum atomic E-state index is 12.4. The van der Waals surface area contributed by atoms with Crippen LogP contribution in [0.15, 0.2) is 36.4 Å². The number of methoxy groups -OCH3 is 2. The van der Waals surface area contributed by atoms with Gasteiger partial charge in [0.2, 0.25) is 0 Å². The van der Waals surface area contributed by atoms with E-state index in [9.17, 15) is 9.90 Å². The zero-order chi connectivity index (χ0) is 21.1. The van der Waals surface area contributed by atoms with E-state index in [4.69, 9.17) is 18.9 Å². The molecule has 2 aliphatic rings. The molecule has 0 spiro atoms. The van der Waals surface area contributed by atoms with Crippen molar-refractivity contribution in [1.82, 2.24) is 0 Å². The first kappa shape index (κ1) is 20.5. The summed E-state index contributed by atoms with van der Waals surface area (Å²) < 4.78 is 22.0. The molecule has 4 rings (SSSR count). The predicted molar refractivity (Wildman–Crippen MR) is 111 cm³/mol. The van der Waals surface area contributed by atoms with Gasteiger partial charge in [-0.3, -0.25) is 0 Å². The van der Waals surface area contributed by atoms with Crippen molar-refractivity contribution in [2.45, 2.75) is 44.3 Å². The third-order valence-electron chi connectivity index (χ3n) is 6.03. The van der Waals surface area contributed by atoms with E-state index in [1.807, 2.05) is 24.3 Å². The molecular weight excluding hydrogens is 384 g/mol. The van der Waals surface area contributed by atoms with Gasteiger partial charge < -0.3 is 24.1 Å². The van der Waals surface area contributed by atoms with Gasteiger partial charge in [-0.05, 0) is 42.5 Å². The summed E-state index contributed by atoms with van der Waals surface area (Å²) in [4.78, 5) is 12.4. The molecule has 1 fully saturated rings. The number of fused-ring (bicyclic) bond motifs is 1. The molecule has 0 radical (unpaired) electrons. The Labute approximate surface area is 176 Å². The van der Waals surface area contributed by atoms with Crippen LogP contribution in [0, 0.1) is 5.92 Å². The van der Waals surface area contributed by atoms with E-state index in [1.165, 1.54) is 46.3 Å². The zero-order valence-electron chi connectivity index (χ0n) is 17.4. The lowest BCUT2D eigenvalue weighted by atomic mass is 9.90. The summed E-state index contributed by atoms with van der Waals surface area (Å²) in [6.07, 6.45) is 4.53. The van der Waals surface area contributed by atoms with Crippen molar-refractivity contribution in [2.24, 2.45) is 5.92 Å². The number of cyclic esters (lactones) is 1. The van der Waals surface area contributed by atoms with E-state index in [1.54, 1.807) is 12.1 Å². The molecular formula is C24H28O6. The number of carbonyl (C=O) groups is 1. The monoisotopic (exact) mass is 412 g/mol. The van der Waals surface area contributed by atoms with Crippen molar-refractivity contribution >= 4 is 5.97 Å². The highest BCUT2D eigenvalue weighted by Crippen LogP contribution is 2.45. The maximum Gasteiger partial charge on any atom is 0.343 e. The molecule has 2 atom stereocenters. The highest BCUT2D eigenvalue weighted by Gasteiger charge is 2.39. The fourth-order valence-corrected chi connectivity index (χ4v) is 4.31. The predicted octanol–water partition coefficient (Wildman–Crippen LogP) is 4.61. The highest BCUT2D eigenvalue weighted by atomic mass is 16.6. The Kier molecular flexibility index (Phi) is 6.13. The number of aliphatic hydroxyl groups excluding tert-OH is 1. The standard InChI is InChI=1S/C24H28O6/c1-27-18-12-19-21(20(13-18)28-2)24(26)30-23(19)22(25)16-8-10-17(11-9-16)29-14-15-6-4-3-5-7-15/h8-13,15,22-23,25H,3-7,14H2,1-2H3. The van der Waals surface area contributed by atoms with Crippen molar-refractivity contribution in [2.75, 3.05) is 20.8 Å². The number of hydrogen-bond acceptors (Lipinski definition) is 6. The highest BCUT2D eigenvalue weighted by molar-refractivity contribution is 5.97. The van der Waals surface area contributed by atoms with Crippen LogP contribution >= 0.6 is 0 Å². The smallest absolute Gasteiger partial charge is 0.343 e. The Bertz CT molecular complexity index is 885. The summed E-state index contributed by atoms with van der Waals surface area (Å²) in [6.45, 7) is 0.731. The van der Waals surface area contributed by atoms with Gasteiger partial charge in [-0.15, -0.1) is 0 Å². The Balaban J connectivity index is 1.49. The van der Waals surface area contributed by atoms with E-state index >= 15 is 0 Å². The third kappa shape index (κ3) is 4.10. The van der Waals surface area contributed by atoms with Crippen LogP contribution in [0.3, 0.4) is 0 Å². The first-order chi connectivity index (χ1) is 14.6. The molecule has 2 aromatic rings. The molecule has 2 unspecified atom stereocenters. The molecule has 30 heavy (non-hydrogen) atoms. The van der Waals surface area contributed by atoms with Crippen molar-refractivity contribution in [1.29, 1.82) is 0 Å². The Morgan fingerprint density at radius 1 is 1.03 bits per heavy atom. The number of aliphatic hydroxyl groups is 1. The van der Waals surface area contributed by atoms with E-state index < -0.39 is 18.2 Å². The van der Waals surface area contributed by atoms with E-state index in [-0.39, 0.29) is 0 Å². The molecule has 0 saturated heterocycles. The largest absolute Gasteiger partial charge is 0.497 e. The second-order valence-corrected chi connectivity index (χ2v) is 7.95. The molecule has 1 aliphatic heterocycles. The number of ether oxygens (including phenoxy) is 4.